The molecule has 3 N–H and O–H groups in total. The van der Waals surface area contributed by atoms with Gasteiger partial charge < -0.3 is 16.0 Å². The van der Waals surface area contributed by atoms with Crippen LogP contribution >= 0.6 is 35.6 Å². The molecule has 0 unspecified atom stereocenters. The van der Waals surface area contributed by atoms with Crippen molar-refractivity contribution in [1.29, 1.82) is 0 Å². The molecule has 0 aliphatic carbocycles. The zero-order chi connectivity index (χ0) is 20.2. The van der Waals surface area contributed by atoms with E-state index in [1.807, 2.05) is 0 Å². The topological polar surface area (TPSA) is 68.8 Å². The number of rotatable bonds is 10. The quantitative estimate of drug-likeness (QED) is 0.190. The number of hydrogen-bond acceptors (Lipinski definition) is 3. The van der Waals surface area contributed by atoms with Gasteiger partial charge in [-0.1, -0.05) is 23.7 Å². The Morgan fingerprint density at radius 2 is 1.61 bits per heavy atom. The van der Waals surface area contributed by atoms with Gasteiger partial charge >= 0.3 is 0 Å². The number of hydrogen-bond donors (Lipinski definition) is 3. The first-order valence-corrected chi connectivity index (χ1v) is 9.97. The van der Waals surface area contributed by atoms with E-state index in [1.165, 1.54) is 0 Å². The van der Waals surface area contributed by atoms with E-state index in [-0.39, 0.29) is 29.9 Å². The molecule has 1 aromatic carbocycles. The molecule has 1 aromatic rings. The van der Waals surface area contributed by atoms with Gasteiger partial charge in [0.05, 0.1) is 10.6 Å². The van der Waals surface area contributed by atoms with Crippen molar-refractivity contribution in [2.45, 2.75) is 46.2 Å². The smallest absolute Gasteiger partial charge is 0.252 e. The number of halogens is 2. The first-order chi connectivity index (χ1) is 12.9. The van der Waals surface area contributed by atoms with Crippen LogP contribution in [0.2, 0.25) is 5.02 Å². The van der Waals surface area contributed by atoms with Gasteiger partial charge in [-0.3, -0.25) is 14.7 Å². The molecular weight excluding hydrogens is 489 g/mol. The summed E-state index contributed by atoms with van der Waals surface area (Å²) in [5.41, 5.74) is 0.488. The van der Waals surface area contributed by atoms with Crippen LogP contribution in [-0.2, 0) is 0 Å². The molecule has 0 spiro atoms. The molecule has 0 aliphatic heterocycles. The highest BCUT2D eigenvalue weighted by molar-refractivity contribution is 14.0. The summed E-state index contributed by atoms with van der Waals surface area (Å²) >= 11 is 6.03. The molecule has 0 saturated heterocycles. The van der Waals surface area contributed by atoms with Crippen LogP contribution in [0.15, 0.2) is 29.3 Å². The highest BCUT2D eigenvalue weighted by atomic mass is 127. The van der Waals surface area contributed by atoms with Gasteiger partial charge in [-0.25, -0.2) is 0 Å². The predicted molar refractivity (Wildman–Crippen MR) is 130 cm³/mol. The predicted octanol–water partition coefficient (Wildman–Crippen LogP) is 3.36. The van der Waals surface area contributed by atoms with Crippen LogP contribution in [0.5, 0.6) is 0 Å². The Labute approximate surface area is 191 Å². The lowest BCUT2D eigenvalue weighted by Gasteiger charge is -2.30. The summed E-state index contributed by atoms with van der Waals surface area (Å²) in [7, 11) is 1.74. The first kappa shape index (κ1) is 26.9. The van der Waals surface area contributed by atoms with Crippen LogP contribution in [0.25, 0.3) is 0 Å². The van der Waals surface area contributed by atoms with Crippen molar-refractivity contribution in [3.8, 4) is 0 Å². The van der Waals surface area contributed by atoms with Gasteiger partial charge in [0.1, 0.15) is 0 Å². The van der Waals surface area contributed by atoms with E-state index in [0.29, 0.717) is 35.8 Å². The summed E-state index contributed by atoms with van der Waals surface area (Å²) in [6, 6.07) is 8.11. The Morgan fingerprint density at radius 3 is 2.18 bits per heavy atom. The third-order valence-electron chi connectivity index (χ3n) is 4.26. The molecule has 0 aliphatic rings. The summed E-state index contributed by atoms with van der Waals surface area (Å²) in [6.45, 7) is 11.9. The monoisotopic (exact) mass is 523 g/mol. The van der Waals surface area contributed by atoms with Crippen LogP contribution in [0, 0.1) is 0 Å². The van der Waals surface area contributed by atoms with Gasteiger partial charge in [0.25, 0.3) is 5.91 Å². The minimum atomic E-state index is -0.173. The van der Waals surface area contributed by atoms with E-state index in [4.69, 9.17) is 11.6 Å². The van der Waals surface area contributed by atoms with E-state index >= 15 is 0 Å². The van der Waals surface area contributed by atoms with E-state index in [0.717, 1.165) is 25.5 Å². The molecular formula is C20H35ClIN5O. The third kappa shape index (κ3) is 9.93. The van der Waals surface area contributed by atoms with Gasteiger partial charge in [-0.15, -0.1) is 24.0 Å². The fourth-order valence-electron chi connectivity index (χ4n) is 2.90. The summed E-state index contributed by atoms with van der Waals surface area (Å²) in [5, 5.41) is 9.82. The standard InChI is InChI=1S/C20H34ClN5O.HI/c1-15(2)26(16(3)4)14-8-11-24-20(22-5)25-13-12-23-19(27)17-9-6-7-10-18(17)21;/h6-7,9-10,15-16H,8,11-14H2,1-5H3,(H,23,27)(H2,22,24,25);1H. The average molecular weight is 524 g/mol. The highest BCUT2D eigenvalue weighted by Crippen LogP contribution is 2.14. The largest absolute Gasteiger partial charge is 0.356 e. The van der Waals surface area contributed by atoms with Gasteiger partial charge in [-0.2, -0.15) is 0 Å². The maximum atomic E-state index is 12.1. The number of nitrogens with one attached hydrogen (secondary N) is 3. The Kier molecular flexibility index (Phi) is 14.3. The SMILES string of the molecule is CN=C(NCCCN(C(C)C)C(C)C)NCCNC(=O)c1ccccc1Cl.I. The number of benzene rings is 1. The van der Waals surface area contributed by atoms with Gasteiger partial charge in [0.15, 0.2) is 5.96 Å². The number of carbonyl (C=O) groups excluding carboxylic acids is 1. The van der Waals surface area contributed by atoms with Crippen molar-refractivity contribution < 1.29 is 4.79 Å². The lowest BCUT2D eigenvalue weighted by atomic mass is 10.2. The number of guanidine groups is 1. The second-order valence-corrected chi connectivity index (χ2v) is 7.35. The second-order valence-electron chi connectivity index (χ2n) is 6.94. The molecule has 0 bridgehead atoms. The maximum absolute atomic E-state index is 12.1. The molecule has 0 fully saturated rings. The second kappa shape index (κ2) is 14.9. The Morgan fingerprint density at radius 1 is 1.04 bits per heavy atom. The maximum Gasteiger partial charge on any atom is 0.252 e. The van der Waals surface area contributed by atoms with Gasteiger partial charge in [0, 0.05) is 45.3 Å². The van der Waals surface area contributed by atoms with Crippen molar-refractivity contribution in [2.24, 2.45) is 4.99 Å². The van der Waals surface area contributed by atoms with Crippen LogP contribution in [0.4, 0.5) is 0 Å². The Hall–Kier alpha value is -1.06. The molecule has 28 heavy (non-hydrogen) atoms. The lowest BCUT2D eigenvalue weighted by Crippen LogP contribution is -2.43. The molecule has 8 heteroatoms. The molecule has 0 atom stereocenters. The normalized spacial score (nSPS) is 11.5. The number of aliphatic imine (C=N–C) groups is 1. The summed E-state index contributed by atoms with van der Waals surface area (Å²) in [5.74, 6) is 0.565. The van der Waals surface area contributed by atoms with Crippen LogP contribution in [-0.4, -0.2) is 62.1 Å². The zero-order valence-electron chi connectivity index (χ0n) is 17.6. The average Bonchev–Trinajstić information content (AvgIpc) is 2.62. The fourth-order valence-corrected chi connectivity index (χ4v) is 3.12. The number of nitrogens with zero attached hydrogens (tertiary/aromatic N) is 2. The fraction of sp³-hybridized carbons (Fsp3) is 0.600. The van der Waals surface area contributed by atoms with Crippen LogP contribution in [0.1, 0.15) is 44.5 Å². The molecule has 0 saturated carbocycles. The van der Waals surface area contributed by atoms with Crippen molar-refractivity contribution in [3.63, 3.8) is 0 Å². The molecule has 160 valence electrons. The van der Waals surface area contributed by atoms with Gasteiger partial charge in [0.2, 0.25) is 0 Å². The zero-order valence-corrected chi connectivity index (χ0v) is 20.7. The van der Waals surface area contributed by atoms with Crippen LogP contribution < -0.4 is 16.0 Å². The summed E-state index contributed by atoms with van der Waals surface area (Å²) in [4.78, 5) is 18.8. The molecule has 1 rings (SSSR count). The molecule has 0 aromatic heterocycles. The summed E-state index contributed by atoms with van der Waals surface area (Å²) < 4.78 is 0. The van der Waals surface area contributed by atoms with Gasteiger partial charge in [-0.05, 0) is 46.2 Å². The molecule has 0 heterocycles. The number of carbonyl (C=O) groups is 1. The summed E-state index contributed by atoms with van der Waals surface area (Å²) in [6.07, 6.45) is 1.04. The van der Waals surface area contributed by atoms with E-state index in [2.05, 4.69) is 53.5 Å². The van der Waals surface area contributed by atoms with Crippen molar-refractivity contribution in [1.82, 2.24) is 20.9 Å². The Balaban J connectivity index is 0.00000729. The highest BCUT2D eigenvalue weighted by Gasteiger charge is 2.12. The minimum Gasteiger partial charge on any atom is -0.356 e. The Bertz CT molecular complexity index is 602. The van der Waals surface area contributed by atoms with Crippen molar-refractivity contribution >= 4 is 47.4 Å². The van der Waals surface area contributed by atoms with E-state index < -0.39 is 0 Å². The number of amides is 1. The molecule has 1 amide bonds. The van der Waals surface area contributed by atoms with Crippen molar-refractivity contribution in [3.05, 3.63) is 34.9 Å². The first-order valence-electron chi connectivity index (χ1n) is 9.59. The van der Waals surface area contributed by atoms with Crippen LogP contribution in [0.3, 0.4) is 0 Å². The minimum absolute atomic E-state index is 0. The van der Waals surface area contributed by atoms with E-state index in [1.54, 1.807) is 31.3 Å². The lowest BCUT2D eigenvalue weighted by molar-refractivity contribution is 0.0954. The van der Waals surface area contributed by atoms with E-state index in [9.17, 15) is 4.79 Å². The van der Waals surface area contributed by atoms with Crippen molar-refractivity contribution in [2.75, 3.05) is 33.2 Å². The molecule has 6 nitrogen and oxygen atoms in total. The third-order valence-corrected chi connectivity index (χ3v) is 4.59. The molecule has 0 radical (unpaired) electrons.